The Bertz CT molecular complexity index is 914. The Morgan fingerprint density at radius 2 is 1.62 bits per heavy atom. The first-order chi connectivity index (χ1) is 9.97. The van der Waals surface area contributed by atoms with Crippen molar-refractivity contribution in [3.8, 4) is 34.3 Å². The lowest BCUT2D eigenvalue weighted by atomic mass is 10.1. The molecule has 3 rings (SSSR count). The van der Waals surface area contributed by atoms with Gasteiger partial charge in [-0.3, -0.25) is 4.79 Å². The van der Waals surface area contributed by atoms with Crippen LogP contribution < -0.4 is 5.43 Å². The average Bonchev–Trinajstić information content (AvgIpc) is 2.46. The summed E-state index contributed by atoms with van der Waals surface area (Å²) in [5.74, 6) is -1.27. The number of phenolic OH excluding ortho intramolecular Hbond substituents is 3. The van der Waals surface area contributed by atoms with Crippen LogP contribution >= 0.6 is 0 Å². The summed E-state index contributed by atoms with van der Waals surface area (Å²) in [4.78, 5) is 15.0. The standard InChI is InChI=1S/C15H11NO5/c17-8-2-3-10-9(6-8)14(20)15(21)13(16-10)7-1-4-11(18)12(19)5-7/h1-6,17-19,21H,(H,16,20). The molecule has 0 aliphatic heterocycles. The van der Waals surface area contributed by atoms with Gasteiger partial charge in [-0.25, -0.2) is 0 Å². The molecule has 0 bridgehead atoms. The molecule has 0 saturated carbocycles. The summed E-state index contributed by atoms with van der Waals surface area (Å²) in [6.45, 7) is 0. The van der Waals surface area contributed by atoms with E-state index in [4.69, 9.17) is 0 Å². The monoisotopic (exact) mass is 285 g/mol. The molecule has 6 nitrogen and oxygen atoms in total. The Kier molecular flexibility index (Phi) is 2.72. The smallest absolute Gasteiger partial charge is 0.231 e. The average molecular weight is 285 g/mol. The highest BCUT2D eigenvalue weighted by Crippen LogP contribution is 2.33. The topological polar surface area (TPSA) is 114 Å². The zero-order valence-corrected chi connectivity index (χ0v) is 10.7. The number of fused-ring (bicyclic) bond motifs is 1. The molecule has 0 fully saturated rings. The molecule has 0 aliphatic rings. The molecular weight excluding hydrogens is 274 g/mol. The van der Waals surface area contributed by atoms with Crippen molar-refractivity contribution in [3.63, 3.8) is 0 Å². The lowest BCUT2D eigenvalue weighted by Crippen LogP contribution is -2.04. The van der Waals surface area contributed by atoms with Gasteiger partial charge in [-0.1, -0.05) is 0 Å². The Hall–Kier alpha value is -3.15. The number of nitrogens with one attached hydrogen (secondary N) is 1. The first-order valence-corrected chi connectivity index (χ1v) is 6.07. The summed E-state index contributed by atoms with van der Waals surface area (Å²) in [6, 6.07) is 8.11. The van der Waals surface area contributed by atoms with Crippen molar-refractivity contribution in [2.45, 2.75) is 0 Å². The second-order valence-corrected chi connectivity index (χ2v) is 4.61. The fourth-order valence-corrected chi connectivity index (χ4v) is 2.15. The third-order valence-corrected chi connectivity index (χ3v) is 3.22. The number of aromatic hydroxyl groups is 4. The molecule has 0 atom stereocenters. The molecule has 2 aromatic carbocycles. The first kappa shape index (κ1) is 12.9. The number of aromatic amines is 1. The molecule has 0 radical (unpaired) electrons. The lowest BCUT2D eigenvalue weighted by molar-refractivity contribution is 0.404. The highest BCUT2D eigenvalue weighted by Gasteiger charge is 2.14. The largest absolute Gasteiger partial charge is 0.508 e. The van der Waals surface area contributed by atoms with E-state index < -0.39 is 11.2 Å². The van der Waals surface area contributed by atoms with Gasteiger partial charge in [0.05, 0.1) is 16.6 Å². The van der Waals surface area contributed by atoms with Crippen LogP contribution in [0.3, 0.4) is 0 Å². The van der Waals surface area contributed by atoms with Crippen LogP contribution in [-0.2, 0) is 0 Å². The Balaban J connectivity index is 2.33. The van der Waals surface area contributed by atoms with Crippen LogP contribution in [-0.4, -0.2) is 25.4 Å². The van der Waals surface area contributed by atoms with Gasteiger partial charge in [0.15, 0.2) is 17.2 Å². The number of benzene rings is 2. The number of hydrogen-bond donors (Lipinski definition) is 5. The fraction of sp³-hybridized carbons (Fsp3) is 0. The number of aromatic nitrogens is 1. The van der Waals surface area contributed by atoms with Crippen molar-refractivity contribution in [3.05, 3.63) is 46.6 Å². The van der Waals surface area contributed by atoms with Gasteiger partial charge in [0.25, 0.3) is 0 Å². The number of pyridine rings is 1. The molecule has 0 unspecified atom stereocenters. The maximum absolute atomic E-state index is 12.1. The van der Waals surface area contributed by atoms with E-state index in [-0.39, 0.29) is 28.3 Å². The van der Waals surface area contributed by atoms with Gasteiger partial charge in [-0.05, 0) is 36.4 Å². The maximum Gasteiger partial charge on any atom is 0.231 e. The molecule has 0 amide bonds. The van der Waals surface area contributed by atoms with Crippen LogP contribution in [0.2, 0.25) is 0 Å². The number of hydrogen-bond acceptors (Lipinski definition) is 5. The van der Waals surface area contributed by atoms with Gasteiger partial charge in [0, 0.05) is 5.56 Å². The molecule has 21 heavy (non-hydrogen) atoms. The molecule has 0 spiro atoms. The molecule has 1 heterocycles. The van der Waals surface area contributed by atoms with Crippen molar-refractivity contribution in [2.75, 3.05) is 0 Å². The summed E-state index contributed by atoms with van der Waals surface area (Å²) >= 11 is 0. The molecular formula is C15H11NO5. The highest BCUT2D eigenvalue weighted by molar-refractivity contribution is 5.85. The summed E-state index contributed by atoms with van der Waals surface area (Å²) in [7, 11) is 0. The van der Waals surface area contributed by atoms with Crippen LogP contribution in [0.25, 0.3) is 22.2 Å². The summed E-state index contributed by atoms with van der Waals surface area (Å²) in [5.41, 5.74) is 0.253. The third-order valence-electron chi connectivity index (χ3n) is 3.22. The van der Waals surface area contributed by atoms with Crippen molar-refractivity contribution < 1.29 is 20.4 Å². The third kappa shape index (κ3) is 2.02. The molecule has 1 aromatic heterocycles. The molecule has 106 valence electrons. The van der Waals surface area contributed by atoms with E-state index in [1.54, 1.807) is 0 Å². The first-order valence-electron chi connectivity index (χ1n) is 6.07. The summed E-state index contributed by atoms with van der Waals surface area (Å²) in [6.07, 6.45) is 0. The van der Waals surface area contributed by atoms with Crippen LogP contribution in [0, 0.1) is 0 Å². The molecule has 3 aromatic rings. The maximum atomic E-state index is 12.1. The predicted molar refractivity (Wildman–Crippen MR) is 76.7 cm³/mol. The van der Waals surface area contributed by atoms with Crippen molar-refractivity contribution >= 4 is 10.9 Å². The number of phenols is 3. The van der Waals surface area contributed by atoms with E-state index in [1.165, 1.54) is 36.4 Å². The number of H-pyrrole nitrogens is 1. The lowest BCUT2D eigenvalue weighted by Gasteiger charge is -2.08. The van der Waals surface area contributed by atoms with Gasteiger partial charge in [0.2, 0.25) is 5.43 Å². The Labute approximate surface area is 118 Å². The molecule has 0 aliphatic carbocycles. The van der Waals surface area contributed by atoms with Gasteiger partial charge in [0.1, 0.15) is 5.75 Å². The van der Waals surface area contributed by atoms with Crippen LogP contribution in [0.4, 0.5) is 0 Å². The van der Waals surface area contributed by atoms with Crippen LogP contribution in [0.1, 0.15) is 0 Å². The van der Waals surface area contributed by atoms with Gasteiger partial charge >= 0.3 is 0 Å². The summed E-state index contributed by atoms with van der Waals surface area (Å²) < 4.78 is 0. The van der Waals surface area contributed by atoms with E-state index in [0.29, 0.717) is 11.1 Å². The zero-order chi connectivity index (χ0) is 15.1. The van der Waals surface area contributed by atoms with Crippen molar-refractivity contribution in [2.24, 2.45) is 0 Å². The normalized spacial score (nSPS) is 10.9. The molecule has 5 N–H and O–H groups in total. The second kappa shape index (κ2) is 4.45. The highest BCUT2D eigenvalue weighted by atomic mass is 16.3. The van der Waals surface area contributed by atoms with Crippen molar-refractivity contribution in [1.82, 2.24) is 4.98 Å². The van der Waals surface area contributed by atoms with Gasteiger partial charge in [-0.15, -0.1) is 0 Å². The minimum atomic E-state index is -0.637. The van der Waals surface area contributed by atoms with Crippen LogP contribution in [0.15, 0.2) is 41.2 Å². The quantitative estimate of drug-likeness (QED) is 0.439. The van der Waals surface area contributed by atoms with E-state index in [9.17, 15) is 25.2 Å². The molecule has 0 saturated heterocycles. The molecule has 6 heteroatoms. The van der Waals surface area contributed by atoms with E-state index >= 15 is 0 Å². The van der Waals surface area contributed by atoms with Gasteiger partial charge in [-0.2, -0.15) is 0 Å². The number of rotatable bonds is 1. The Morgan fingerprint density at radius 3 is 2.33 bits per heavy atom. The van der Waals surface area contributed by atoms with Gasteiger partial charge < -0.3 is 25.4 Å². The van der Waals surface area contributed by atoms with E-state index in [2.05, 4.69) is 4.98 Å². The van der Waals surface area contributed by atoms with Crippen LogP contribution in [0.5, 0.6) is 23.0 Å². The SMILES string of the molecule is O=c1c(O)c(-c2ccc(O)c(O)c2)[nH]c2ccc(O)cc12. The fourth-order valence-electron chi connectivity index (χ4n) is 2.15. The predicted octanol–water partition coefficient (Wildman–Crippen LogP) is 2.02. The van der Waals surface area contributed by atoms with E-state index in [0.717, 1.165) is 0 Å². The zero-order valence-electron chi connectivity index (χ0n) is 10.7. The van der Waals surface area contributed by atoms with Crippen molar-refractivity contribution in [1.29, 1.82) is 0 Å². The van der Waals surface area contributed by atoms with E-state index in [1.807, 2.05) is 0 Å². The minimum Gasteiger partial charge on any atom is -0.508 e. The Morgan fingerprint density at radius 1 is 0.857 bits per heavy atom. The second-order valence-electron chi connectivity index (χ2n) is 4.61. The summed E-state index contributed by atoms with van der Waals surface area (Å²) in [5, 5.41) is 38.4. The minimum absolute atomic E-state index is 0.0811.